The van der Waals surface area contributed by atoms with Gasteiger partial charge in [0.2, 0.25) is 0 Å². The Morgan fingerprint density at radius 1 is 1.16 bits per heavy atom. The molecule has 4 nitrogen and oxygen atoms in total. The van der Waals surface area contributed by atoms with E-state index >= 15 is 0 Å². The molecule has 0 radical (unpaired) electrons. The van der Waals surface area contributed by atoms with E-state index in [0.29, 0.717) is 10.7 Å². The Bertz CT molecular complexity index is 620. The van der Waals surface area contributed by atoms with Gasteiger partial charge < -0.3 is 15.5 Å². The van der Waals surface area contributed by atoms with Gasteiger partial charge in [-0.2, -0.15) is 0 Å². The summed E-state index contributed by atoms with van der Waals surface area (Å²) in [5.74, 6) is -1.16. The van der Waals surface area contributed by atoms with Crippen molar-refractivity contribution in [3.05, 3.63) is 52.5 Å². The number of carbonyl (C=O) groups excluding carboxylic acids is 1. The molecule has 19 heavy (non-hydrogen) atoms. The second kappa shape index (κ2) is 5.20. The highest BCUT2D eigenvalue weighted by Crippen LogP contribution is 2.28. The lowest BCUT2D eigenvalue weighted by molar-refractivity contribution is 0.102. The maximum Gasteiger partial charge on any atom is 0.263 e. The number of phenols is 2. The number of hydrogen-bond donors (Lipinski definition) is 3. The van der Waals surface area contributed by atoms with Crippen LogP contribution in [0.5, 0.6) is 11.5 Å². The fraction of sp³-hybridized carbons (Fsp3) is 0.0714. The molecule has 2 aromatic rings. The van der Waals surface area contributed by atoms with Crippen LogP contribution in [0.3, 0.4) is 0 Å². The normalized spacial score (nSPS) is 10.2. The molecule has 5 heteroatoms. The Kier molecular flexibility index (Phi) is 3.62. The van der Waals surface area contributed by atoms with E-state index in [1.807, 2.05) is 6.92 Å². The van der Waals surface area contributed by atoms with Gasteiger partial charge in [-0.1, -0.05) is 23.7 Å². The van der Waals surface area contributed by atoms with Gasteiger partial charge in [-0.15, -0.1) is 0 Å². The minimum absolute atomic E-state index is 0.167. The van der Waals surface area contributed by atoms with Gasteiger partial charge in [-0.3, -0.25) is 4.79 Å². The molecule has 0 saturated carbocycles. The van der Waals surface area contributed by atoms with Crippen LogP contribution < -0.4 is 5.32 Å². The first-order valence-corrected chi connectivity index (χ1v) is 5.95. The average molecular weight is 278 g/mol. The Morgan fingerprint density at radius 2 is 1.79 bits per heavy atom. The van der Waals surface area contributed by atoms with E-state index in [0.717, 1.165) is 5.56 Å². The standard InChI is InChI=1S/C14H12ClNO3/c1-8-5-6-9(7-10(8)15)16-14(19)13-11(17)3-2-4-12(13)18/h2-7,17-18H,1H3,(H,16,19). The van der Waals surface area contributed by atoms with Crippen molar-refractivity contribution in [3.8, 4) is 11.5 Å². The summed E-state index contributed by atoms with van der Waals surface area (Å²) in [6.07, 6.45) is 0. The number of phenolic OH excluding ortho intramolecular Hbond substituents is 2. The highest BCUT2D eigenvalue weighted by Gasteiger charge is 2.16. The van der Waals surface area contributed by atoms with Gasteiger partial charge in [0, 0.05) is 10.7 Å². The molecule has 0 aliphatic carbocycles. The zero-order chi connectivity index (χ0) is 14.0. The summed E-state index contributed by atoms with van der Waals surface area (Å²) in [5, 5.41) is 22.3. The summed E-state index contributed by atoms with van der Waals surface area (Å²) in [6, 6.07) is 9.17. The van der Waals surface area contributed by atoms with Crippen LogP contribution >= 0.6 is 11.6 Å². The number of amides is 1. The van der Waals surface area contributed by atoms with E-state index < -0.39 is 5.91 Å². The molecule has 0 unspecified atom stereocenters. The number of benzene rings is 2. The van der Waals surface area contributed by atoms with E-state index in [1.54, 1.807) is 18.2 Å². The molecule has 0 heterocycles. The fourth-order valence-electron chi connectivity index (χ4n) is 1.63. The summed E-state index contributed by atoms with van der Waals surface area (Å²) in [6.45, 7) is 1.85. The largest absolute Gasteiger partial charge is 0.507 e. The predicted octanol–water partition coefficient (Wildman–Crippen LogP) is 3.31. The summed E-state index contributed by atoms with van der Waals surface area (Å²) in [7, 11) is 0. The highest BCUT2D eigenvalue weighted by molar-refractivity contribution is 6.31. The summed E-state index contributed by atoms with van der Waals surface area (Å²) < 4.78 is 0. The van der Waals surface area contributed by atoms with Gasteiger partial charge in [0.15, 0.2) is 0 Å². The molecule has 3 N–H and O–H groups in total. The summed E-state index contributed by atoms with van der Waals surface area (Å²) in [4.78, 5) is 12.0. The van der Waals surface area contributed by atoms with Crippen LogP contribution in [0, 0.1) is 6.92 Å². The zero-order valence-electron chi connectivity index (χ0n) is 10.1. The molecular weight excluding hydrogens is 266 g/mol. The molecule has 0 bridgehead atoms. The first-order chi connectivity index (χ1) is 8.99. The van der Waals surface area contributed by atoms with Gasteiger partial charge in [0.1, 0.15) is 17.1 Å². The number of aromatic hydroxyl groups is 2. The monoisotopic (exact) mass is 277 g/mol. The van der Waals surface area contributed by atoms with Crippen LogP contribution in [0.2, 0.25) is 5.02 Å². The first kappa shape index (κ1) is 13.2. The minimum Gasteiger partial charge on any atom is -0.507 e. The quantitative estimate of drug-likeness (QED) is 0.789. The number of nitrogens with one attached hydrogen (secondary N) is 1. The maximum absolute atomic E-state index is 12.0. The molecule has 2 aromatic carbocycles. The summed E-state index contributed by atoms with van der Waals surface area (Å²) in [5.41, 5.74) is 1.22. The highest BCUT2D eigenvalue weighted by atomic mass is 35.5. The number of hydrogen-bond acceptors (Lipinski definition) is 3. The molecule has 0 aliphatic rings. The first-order valence-electron chi connectivity index (χ1n) is 5.57. The number of halogens is 1. The van der Waals surface area contributed by atoms with E-state index in [1.165, 1.54) is 18.2 Å². The smallest absolute Gasteiger partial charge is 0.263 e. The molecule has 0 aliphatic heterocycles. The zero-order valence-corrected chi connectivity index (χ0v) is 10.9. The molecule has 2 rings (SSSR count). The molecule has 1 amide bonds. The topological polar surface area (TPSA) is 69.6 Å². The maximum atomic E-state index is 12.0. The fourth-order valence-corrected chi connectivity index (χ4v) is 1.81. The lowest BCUT2D eigenvalue weighted by Gasteiger charge is -2.09. The Labute approximate surface area is 115 Å². The lowest BCUT2D eigenvalue weighted by Crippen LogP contribution is -2.12. The minimum atomic E-state index is -0.601. The average Bonchev–Trinajstić information content (AvgIpc) is 2.33. The van der Waals surface area contributed by atoms with Crippen molar-refractivity contribution in [2.75, 3.05) is 5.32 Å². The molecule has 0 spiro atoms. The van der Waals surface area contributed by atoms with Crippen molar-refractivity contribution >= 4 is 23.2 Å². The van der Waals surface area contributed by atoms with Gasteiger partial charge in [0.25, 0.3) is 5.91 Å². The number of carbonyl (C=O) groups is 1. The third kappa shape index (κ3) is 2.80. The Balaban J connectivity index is 2.28. The van der Waals surface area contributed by atoms with E-state index in [4.69, 9.17) is 11.6 Å². The molecule has 0 aromatic heterocycles. The Hall–Kier alpha value is -2.20. The van der Waals surface area contributed by atoms with Crippen LogP contribution in [-0.4, -0.2) is 16.1 Å². The lowest BCUT2D eigenvalue weighted by atomic mass is 10.1. The third-order valence-corrected chi connectivity index (χ3v) is 3.08. The van der Waals surface area contributed by atoms with Gasteiger partial charge >= 0.3 is 0 Å². The third-order valence-electron chi connectivity index (χ3n) is 2.68. The van der Waals surface area contributed by atoms with Crippen molar-refractivity contribution in [3.63, 3.8) is 0 Å². The number of aryl methyl sites for hydroxylation is 1. The van der Waals surface area contributed by atoms with Crippen LogP contribution in [0.1, 0.15) is 15.9 Å². The van der Waals surface area contributed by atoms with Crippen molar-refractivity contribution in [2.24, 2.45) is 0 Å². The van der Waals surface area contributed by atoms with Crippen molar-refractivity contribution < 1.29 is 15.0 Å². The van der Waals surface area contributed by atoms with E-state index in [9.17, 15) is 15.0 Å². The van der Waals surface area contributed by atoms with E-state index in [-0.39, 0.29) is 17.1 Å². The van der Waals surface area contributed by atoms with Crippen LogP contribution in [0.4, 0.5) is 5.69 Å². The van der Waals surface area contributed by atoms with Crippen LogP contribution in [0.15, 0.2) is 36.4 Å². The molecular formula is C14H12ClNO3. The van der Waals surface area contributed by atoms with Crippen LogP contribution in [0.25, 0.3) is 0 Å². The van der Waals surface area contributed by atoms with Gasteiger partial charge in [-0.05, 0) is 36.8 Å². The van der Waals surface area contributed by atoms with Gasteiger partial charge in [0.05, 0.1) is 0 Å². The van der Waals surface area contributed by atoms with Crippen LogP contribution in [-0.2, 0) is 0 Å². The molecule has 0 fully saturated rings. The molecule has 0 saturated heterocycles. The summed E-state index contributed by atoms with van der Waals surface area (Å²) >= 11 is 5.96. The predicted molar refractivity (Wildman–Crippen MR) is 73.9 cm³/mol. The molecule has 0 atom stereocenters. The number of rotatable bonds is 2. The molecule has 98 valence electrons. The number of anilines is 1. The Morgan fingerprint density at radius 3 is 2.37 bits per heavy atom. The van der Waals surface area contributed by atoms with Crippen molar-refractivity contribution in [1.29, 1.82) is 0 Å². The second-order valence-electron chi connectivity index (χ2n) is 4.09. The van der Waals surface area contributed by atoms with E-state index in [2.05, 4.69) is 5.32 Å². The van der Waals surface area contributed by atoms with Crippen molar-refractivity contribution in [1.82, 2.24) is 0 Å². The second-order valence-corrected chi connectivity index (χ2v) is 4.50. The van der Waals surface area contributed by atoms with Crippen molar-refractivity contribution in [2.45, 2.75) is 6.92 Å². The SMILES string of the molecule is Cc1ccc(NC(=O)c2c(O)cccc2O)cc1Cl. The van der Waals surface area contributed by atoms with Gasteiger partial charge in [-0.25, -0.2) is 0 Å².